The molecule has 0 radical (unpaired) electrons. The van der Waals surface area contributed by atoms with E-state index in [1.165, 1.54) is 24.1 Å². The van der Waals surface area contributed by atoms with Gasteiger partial charge in [0, 0.05) is 18.7 Å². The van der Waals surface area contributed by atoms with Crippen molar-refractivity contribution in [2.75, 3.05) is 11.9 Å². The number of fused-ring (bicyclic) bond motifs is 1. The molecule has 5 nitrogen and oxygen atoms in total. The van der Waals surface area contributed by atoms with Crippen LogP contribution < -0.4 is 4.90 Å². The van der Waals surface area contributed by atoms with Crippen molar-refractivity contribution in [2.45, 2.75) is 32.2 Å². The first-order valence-electron chi connectivity index (χ1n) is 8.09. The molecule has 124 valence electrons. The lowest BCUT2D eigenvalue weighted by atomic mass is 9.86. The minimum absolute atomic E-state index is 0.0201. The first kappa shape index (κ1) is 16.2. The fourth-order valence-electron chi connectivity index (χ4n) is 3.49. The molecule has 1 aliphatic carbocycles. The molecule has 2 aromatic rings. The SMILES string of the molecule is CC(=O)c1ccc(N(C)[C@H]2CCCc3ccccc32)c([N+](=O)[O-])c1. The number of nitro benzene ring substituents is 1. The van der Waals surface area contributed by atoms with E-state index in [1.54, 1.807) is 12.1 Å². The van der Waals surface area contributed by atoms with Crippen LogP contribution in [-0.2, 0) is 6.42 Å². The summed E-state index contributed by atoms with van der Waals surface area (Å²) in [6.45, 7) is 1.42. The van der Waals surface area contributed by atoms with Crippen molar-refractivity contribution in [3.05, 3.63) is 69.3 Å². The molecule has 0 heterocycles. The predicted octanol–water partition coefficient (Wildman–Crippen LogP) is 4.31. The number of hydrogen-bond donors (Lipinski definition) is 0. The van der Waals surface area contributed by atoms with Gasteiger partial charge in [0.25, 0.3) is 5.69 Å². The van der Waals surface area contributed by atoms with Gasteiger partial charge >= 0.3 is 0 Å². The molecule has 3 rings (SSSR count). The molecule has 0 amide bonds. The summed E-state index contributed by atoms with van der Waals surface area (Å²) >= 11 is 0. The molecular weight excluding hydrogens is 304 g/mol. The van der Waals surface area contributed by atoms with Crippen molar-refractivity contribution in [2.24, 2.45) is 0 Å². The number of Topliss-reactive ketones (excluding diaryl/α,β-unsaturated/α-hetero) is 1. The second-order valence-corrected chi connectivity index (χ2v) is 6.23. The molecule has 0 aliphatic heterocycles. The average molecular weight is 324 g/mol. The van der Waals surface area contributed by atoms with Gasteiger partial charge in [0.1, 0.15) is 5.69 Å². The predicted molar refractivity (Wildman–Crippen MR) is 93.6 cm³/mol. The molecule has 0 unspecified atom stereocenters. The van der Waals surface area contributed by atoms with Crippen molar-refractivity contribution >= 4 is 17.2 Å². The fraction of sp³-hybridized carbons (Fsp3) is 0.316. The van der Waals surface area contributed by atoms with E-state index >= 15 is 0 Å². The highest BCUT2D eigenvalue weighted by Crippen LogP contribution is 2.39. The summed E-state index contributed by atoms with van der Waals surface area (Å²) < 4.78 is 0. The Morgan fingerprint density at radius 1 is 1.25 bits per heavy atom. The molecule has 0 fully saturated rings. The smallest absolute Gasteiger partial charge is 0.293 e. The van der Waals surface area contributed by atoms with Crippen LogP contribution in [0.25, 0.3) is 0 Å². The van der Waals surface area contributed by atoms with E-state index in [2.05, 4.69) is 12.1 Å². The van der Waals surface area contributed by atoms with Crippen molar-refractivity contribution in [1.82, 2.24) is 0 Å². The van der Waals surface area contributed by atoms with Crippen LogP contribution in [-0.4, -0.2) is 17.8 Å². The van der Waals surface area contributed by atoms with Gasteiger partial charge in [-0.25, -0.2) is 0 Å². The van der Waals surface area contributed by atoms with Gasteiger partial charge < -0.3 is 4.90 Å². The number of benzene rings is 2. The maximum Gasteiger partial charge on any atom is 0.293 e. The number of ketones is 1. The monoisotopic (exact) mass is 324 g/mol. The third kappa shape index (κ3) is 2.89. The van der Waals surface area contributed by atoms with E-state index in [0.717, 1.165) is 19.3 Å². The first-order chi connectivity index (χ1) is 11.5. The molecule has 1 aliphatic rings. The molecule has 0 saturated carbocycles. The Balaban J connectivity index is 2.03. The van der Waals surface area contributed by atoms with E-state index in [4.69, 9.17) is 0 Å². The summed E-state index contributed by atoms with van der Waals surface area (Å²) in [5.41, 5.74) is 3.43. The number of nitro groups is 1. The van der Waals surface area contributed by atoms with Gasteiger partial charge in [0.2, 0.25) is 0 Å². The summed E-state index contributed by atoms with van der Waals surface area (Å²) in [7, 11) is 1.89. The fourth-order valence-corrected chi connectivity index (χ4v) is 3.49. The van der Waals surface area contributed by atoms with Crippen molar-refractivity contribution in [3.63, 3.8) is 0 Å². The minimum Gasteiger partial charge on any atom is -0.362 e. The highest BCUT2D eigenvalue weighted by molar-refractivity contribution is 5.95. The third-order valence-electron chi connectivity index (χ3n) is 4.76. The summed E-state index contributed by atoms with van der Waals surface area (Å²) in [5, 5.41) is 11.5. The minimum atomic E-state index is -0.410. The highest BCUT2D eigenvalue weighted by atomic mass is 16.6. The van der Waals surface area contributed by atoms with Gasteiger partial charge in [-0.15, -0.1) is 0 Å². The summed E-state index contributed by atoms with van der Waals surface area (Å²) in [6.07, 6.45) is 3.07. The average Bonchev–Trinajstić information content (AvgIpc) is 2.60. The van der Waals surface area contributed by atoms with Crippen LogP contribution in [0.4, 0.5) is 11.4 Å². The van der Waals surface area contributed by atoms with Gasteiger partial charge in [0.15, 0.2) is 5.78 Å². The largest absolute Gasteiger partial charge is 0.362 e. The molecule has 2 aromatic carbocycles. The maximum atomic E-state index is 11.5. The number of carbonyl (C=O) groups excluding carboxylic acids is 1. The Labute approximate surface area is 141 Å². The third-order valence-corrected chi connectivity index (χ3v) is 4.76. The van der Waals surface area contributed by atoms with Gasteiger partial charge in [0.05, 0.1) is 11.0 Å². The van der Waals surface area contributed by atoms with Crippen LogP contribution in [0.2, 0.25) is 0 Å². The quantitative estimate of drug-likeness (QED) is 0.477. The number of carbonyl (C=O) groups is 1. The standard InChI is InChI=1S/C19H20N2O3/c1-13(22)15-10-11-18(19(12-15)21(23)24)20(2)17-9-5-7-14-6-3-4-8-16(14)17/h3-4,6,8,10-12,17H,5,7,9H2,1-2H3/t17-/m0/s1. The molecule has 24 heavy (non-hydrogen) atoms. The molecule has 0 bridgehead atoms. The number of nitrogens with zero attached hydrogens (tertiary/aromatic N) is 2. The Hall–Kier alpha value is -2.69. The lowest BCUT2D eigenvalue weighted by Crippen LogP contribution is -2.28. The maximum absolute atomic E-state index is 11.5. The normalized spacial score (nSPS) is 16.3. The summed E-state index contributed by atoms with van der Waals surface area (Å²) in [6, 6.07) is 13.1. The number of hydrogen-bond acceptors (Lipinski definition) is 4. The molecule has 0 N–H and O–H groups in total. The topological polar surface area (TPSA) is 63.5 Å². The molecule has 5 heteroatoms. The van der Waals surface area contributed by atoms with Crippen molar-refractivity contribution in [3.8, 4) is 0 Å². The van der Waals surface area contributed by atoms with Crippen LogP contribution in [0.5, 0.6) is 0 Å². The Kier molecular flexibility index (Phi) is 4.34. The Morgan fingerprint density at radius 2 is 2.00 bits per heavy atom. The van der Waals surface area contributed by atoms with E-state index in [-0.39, 0.29) is 17.5 Å². The molecule has 0 saturated heterocycles. The van der Waals surface area contributed by atoms with E-state index in [9.17, 15) is 14.9 Å². The van der Waals surface area contributed by atoms with Crippen LogP contribution >= 0.6 is 0 Å². The second kappa shape index (κ2) is 6.43. The van der Waals surface area contributed by atoms with Crippen LogP contribution in [0.1, 0.15) is 47.3 Å². The zero-order valence-corrected chi connectivity index (χ0v) is 13.9. The van der Waals surface area contributed by atoms with E-state index in [1.807, 2.05) is 24.1 Å². The van der Waals surface area contributed by atoms with Gasteiger partial charge in [-0.05, 0) is 49.4 Å². The molecule has 1 atom stereocenters. The Morgan fingerprint density at radius 3 is 2.71 bits per heavy atom. The molecule has 0 spiro atoms. The first-order valence-corrected chi connectivity index (χ1v) is 8.09. The molecular formula is C19H20N2O3. The van der Waals surface area contributed by atoms with Gasteiger partial charge in [-0.1, -0.05) is 24.3 Å². The molecule has 0 aromatic heterocycles. The number of anilines is 1. The lowest BCUT2D eigenvalue weighted by Gasteiger charge is -2.34. The zero-order valence-electron chi connectivity index (χ0n) is 13.9. The number of aryl methyl sites for hydroxylation is 1. The Bertz CT molecular complexity index is 801. The second-order valence-electron chi connectivity index (χ2n) is 6.23. The van der Waals surface area contributed by atoms with E-state index in [0.29, 0.717) is 11.3 Å². The summed E-state index contributed by atoms with van der Waals surface area (Å²) in [4.78, 5) is 24.6. The summed E-state index contributed by atoms with van der Waals surface area (Å²) in [5.74, 6) is -0.171. The van der Waals surface area contributed by atoms with Crippen molar-refractivity contribution in [1.29, 1.82) is 0 Å². The van der Waals surface area contributed by atoms with Crippen LogP contribution in [0.15, 0.2) is 42.5 Å². The zero-order chi connectivity index (χ0) is 17.3. The highest BCUT2D eigenvalue weighted by Gasteiger charge is 2.28. The van der Waals surface area contributed by atoms with Gasteiger partial charge in [-0.3, -0.25) is 14.9 Å². The lowest BCUT2D eigenvalue weighted by molar-refractivity contribution is -0.384. The van der Waals surface area contributed by atoms with E-state index < -0.39 is 4.92 Å². The van der Waals surface area contributed by atoms with Gasteiger partial charge in [-0.2, -0.15) is 0 Å². The number of rotatable bonds is 4. The van der Waals surface area contributed by atoms with Crippen molar-refractivity contribution < 1.29 is 9.72 Å². The van der Waals surface area contributed by atoms with Crippen LogP contribution in [0.3, 0.4) is 0 Å². The van der Waals surface area contributed by atoms with Crippen LogP contribution in [0, 0.1) is 10.1 Å².